The number of rotatable bonds is 2. The van der Waals surface area contributed by atoms with Gasteiger partial charge in [0.15, 0.2) is 0 Å². The van der Waals surface area contributed by atoms with Gasteiger partial charge in [0.05, 0.1) is 19.5 Å². The minimum absolute atomic E-state index is 0.707. The van der Waals surface area contributed by atoms with E-state index in [-0.39, 0.29) is 0 Å². The zero-order valence-corrected chi connectivity index (χ0v) is 7.14. The second-order valence-electron chi connectivity index (χ2n) is 2.41. The highest BCUT2D eigenvalue weighted by atomic mass is 16.5. The van der Waals surface area contributed by atoms with E-state index < -0.39 is 0 Å². The molecule has 1 radical (unpaired) electrons. The van der Waals surface area contributed by atoms with Crippen LogP contribution in [0.5, 0.6) is 5.75 Å². The number of ether oxygens (including phenoxy) is 1. The highest BCUT2D eigenvalue weighted by molar-refractivity contribution is 5.43. The molecule has 0 aliphatic rings. The van der Waals surface area contributed by atoms with E-state index in [1.54, 1.807) is 25.6 Å². The van der Waals surface area contributed by atoms with Gasteiger partial charge in [0, 0.05) is 6.07 Å². The van der Waals surface area contributed by atoms with Gasteiger partial charge in [-0.15, -0.1) is 4.80 Å². The lowest BCUT2D eigenvalue weighted by molar-refractivity contribution is 0.410. The van der Waals surface area contributed by atoms with Crippen molar-refractivity contribution >= 4 is 0 Å². The molecule has 0 saturated heterocycles. The molecule has 0 amide bonds. The monoisotopic (exact) mass is 174 g/mol. The van der Waals surface area contributed by atoms with E-state index >= 15 is 0 Å². The quantitative estimate of drug-likeness (QED) is 0.683. The fraction of sp³-hybridized carbons (Fsp3) is 0.111. The molecule has 4 nitrogen and oxygen atoms in total. The summed E-state index contributed by atoms with van der Waals surface area (Å²) in [4.78, 5) is 1.47. The fourth-order valence-electron chi connectivity index (χ4n) is 1.06. The van der Waals surface area contributed by atoms with Gasteiger partial charge in [-0.2, -0.15) is 10.2 Å². The van der Waals surface area contributed by atoms with Crippen LogP contribution < -0.4 is 4.74 Å². The molecule has 4 heteroatoms. The molecule has 2 aromatic rings. The zero-order valence-electron chi connectivity index (χ0n) is 7.14. The fourth-order valence-corrected chi connectivity index (χ4v) is 1.06. The lowest BCUT2D eigenvalue weighted by Crippen LogP contribution is -2.01. The number of hydrogen-bond donors (Lipinski definition) is 0. The highest BCUT2D eigenvalue weighted by Crippen LogP contribution is 2.18. The molecule has 0 N–H and O–H groups in total. The Morgan fingerprint density at radius 1 is 1.38 bits per heavy atom. The first-order valence-corrected chi connectivity index (χ1v) is 3.83. The molecule has 0 unspecified atom stereocenters. The van der Waals surface area contributed by atoms with Crippen molar-refractivity contribution in [2.75, 3.05) is 7.11 Å². The predicted molar refractivity (Wildman–Crippen MR) is 46.7 cm³/mol. The van der Waals surface area contributed by atoms with Gasteiger partial charge in [-0.1, -0.05) is 12.1 Å². The number of nitrogens with zero attached hydrogens (tertiary/aromatic N) is 3. The van der Waals surface area contributed by atoms with Crippen LogP contribution in [0.2, 0.25) is 0 Å². The van der Waals surface area contributed by atoms with Gasteiger partial charge in [-0.3, -0.25) is 0 Å². The first-order chi connectivity index (χ1) is 6.42. The molecule has 0 saturated carbocycles. The smallest absolute Gasteiger partial charge is 0.147 e. The van der Waals surface area contributed by atoms with Crippen LogP contribution in [-0.2, 0) is 0 Å². The molecule has 1 aromatic carbocycles. The first kappa shape index (κ1) is 7.79. The van der Waals surface area contributed by atoms with Crippen molar-refractivity contribution in [1.29, 1.82) is 0 Å². The molecular weight excluding hydrogens is 166 g/mol. The van der Waals surface area contributed by atoms with Crippen LogP contribution in [0.25, 0.3) is 5.69 Å². The lowest BCUT2D eigenvalue weighted by Gasteiger charge is -2.04. The van der Waals surface area contributed by atoms with Crippen molar-refractivity contribution in [3.63, 3.8) is 0 Å². The number of methoxy groups -OCH3 is 1. The molecule has 0 aliphatic heterocycles. The van der Waals surface area contributed by atoms with Gasteiger partial charge >= 0.3 is 0 Å². The summed E-state index contributed by atoms with van der Waals surface area (Å²) in [6.45, 7) is 0. The van der Waals surface area contributed by atoms with Crippen molar-refractivity contribution in [2.45, 2.75) is 0 Å². The average molecular weight is 174 g/mol. The lowest BCUT2D eigenvalue weighted by atomic mass is 10.3. The Hall–Kier alpha value is -1.84. The summed E-state index contributed by atoms with van der Waals surface area (Å²) in [6.07, 6.45) is 3.22. The SMILES string of the molecule is COc1ccc[c]c1-n1nccn1. The predicted octanol–water partition coefficient (Wildman–Crippen LogP) is 1.08. The van der Waals surface area contributed by atoms with Crippen LogP contribution >= 0.6 is 0 Å². The van der Waals surface area contributed by atoms with Crippen LogP contribution in [0.3, 0.4) is 0 Å². The zero-order chi connectivity index (χ0) is 9.10. The number of aromatic nitrogens is 3. The minimum atomic E-state index is 0.707. The second kappa shape index (κ2) is 3.26. The van der Waals surface area contributed by atoms with Crippen LogP contribution in [0.15, 0.2) is 30.6 Å². The molecular formula is C9H8N3O. The highest BCUT2D eigenvalue weighted by Gasteiger charge is 2.04. The van der Waals surface area contributed by atoms with Crippen molar-refractivity contribution in [3.8, 4) is 11.4 Å². The molecule has 65 valence electrons. The van der Waals surface area contributed by atoms with E-state index in [9.17, 15) is 0 Å². The normalized spacial score (nSPS) is 9.92. The van der Waals surface area contributed by atoms with Gasteiger partial charge in [0.1, 0.15) is 11.4 Å². The summed E-state index contributed by atoms with van der Waals surface area (Å²) in [6, 6.07) is 8.49. The molecule has 1 heterocycles. The van der Waals surface area contributed by atoms with E-state index in [4.69, 9.17) is 4.74 Å². The summed E-state index contributed by atoms with van der Waals surface area (Å²) in [5.41, 5.74) is 0.718. The number of benzene rings is 1. The summed E-state index contributed by atoms with van der Waals surface area (Å²) in [5.74, 6) is 0.707. The summed E-state index contributed by atoms with van der Waals surface area (Å²) in [5, 5.41) is 7.98. The summed E-state index contributed by atoms with van der Waals surface area (Å²) >= 11 is 0. The minimum Gasteiger partial charge on any atom is -0.494 e. The Morgan fingerprint density at radius 2 is 2.15 bits per heavy atom. The average Bonchev–Trinajstić information content (AvgIpc) is 2.70. The van der Waals surface area contributed by atoms with Gasteiger partial charge in [-0.05, 0) is 6.07 Å². The third-order valence-electron chi connectivity index (χ3n) is 1.64. The third-order valence-corrected chi connectivity index (χ3v) is 1.64. The van der Waals surface area contributed by atoms with Crippen LogP contribution in [-0.4, -0.2) is 22.1 Å². The molecule has 0 atom stereocenters. The molecule has 0 aliphatic carbocycles. The van der Waals surface area contributed by atoms with Gasteiger partial charge in [-0.25, -0.2) is 0 Å². The summed E-state index contributed by atoms with van der Waals surface area (Å²) < 4.78 is 5.14. The van der Waals surface area contributed by atoms with Crippen LogP contribution in [0, 0.1) is 6.07 Å². The van der Waals surface area contributed by atoms with Crippen molar-refractivity contribution in [2.24, 2.45) is 0 Å². The number of hydrogen-bond acceptors (Lipinski definition) is 3. The third kappa shape index (κ3) is 1.38. The Labute approximate surface area is 75.8 Å². The maximum atomic E-state index is 5.14. The molecule has 1 aromatic heterocycles. The Bertz CT molecular complexity index is 384. The van der Waals surface area contributed by atoms with E-state index in [2.05, 4.69) is 16.3 Å². The van der Waals surface area contributed by atoms with E-state index in [0.717, 1.165) is 5.69 Å². The molecule has 13 heavy (non-hydrogen) atoms. The van der Waals surface area contributed by atoms with E-state index in [1.165, 1.54) is 4.80 Å². The van der Waals surface area contributed by atoms with Crippen LogP contribution in [0.1, 0.15) is 0 Å². The first-order valence-electron chi connectivity index (χ1n) is 3.83. The largest absolute Gasteiger partial charge is 0.494 e. The Balaban J connectivity index is 2.51. The van der Waals surface area contributed by atoms with Gasteiger partial charge < -0.3 is 4.74 Å². The van der Waals surface area contributed by atoms with E-state index in [1.807, 2.05) is 12.1 Å². The molecule has 0 spiro atoms. The summed E-state index contributed by atoms with van der Waals surface area (Å²) in [7, 11) is 1.61. The van der Waals surface area contributed by atoms with Crippen molar-refractivity contribution in [1.82, 2.24) is 15.0 Å². The molecule has 0 bridgehead atoms. The molecule has 2 rings (SSSR count). The van der Waals surface area contributed by atoms with E-state index in [0.29, 0.717) is 5.75 Å². The van der Waals surface area contributed by atoms with Crippen LogP contribution in [0.4, 0.5) is 0 Å². The van der Waals surface area contributed by atoms with Crippen molar-refractivity contribution in [3.05, 3.63) is 36.7 Å². The topological polar surface area (TPSA) is 39.9 Å². The number of para-hydroxylation sites is 1. The maximum Gasteiger partial charge on any atom is 0.147 e. The maximum absolute atomic E-state index is 5.14. The standard InChI is InChI=1S/C9H8N3O/c1-13-9-5-3-2-4-8(9)12-10-6-7-11-12/h2-3,5-7H,1H3. The molecule has 0 fully saturated rings. The van der Waals surface area contributed by atoms with Gasteiger partial charge in [0.2, 0.25) is 0 Å². The van der Waals surface area contributed by atoms with Crippen molar-refractivity contribution < 1.29 is 4.74 Å². The van der Waals surface area contributed by atoms with Gasteiger partial charge in [0.25, 0.3) is 0 Å². The Kier molecular flexibility index (Phi) is 1.96. The Morgan fingerprint density at radius 3 is 2.85 bits per heavy atom. The second-order valence-corrected chi connectivity index (χ2v) is 2.41.